The molecule has 2 atom stereocenters. The van der Waals surface area contributed by atoms with E-state index in [4.69, 9.17) is 14.2 Å². The van der Waals surface area contributed by atoms with E-state index in [-0.39, 0.29) is 24.0 Å². The van der Waals surface area contributed by atoms with Crippen molar-refractivity contribution >= 4 is 34.4 Å². The molecule has 0 spiro atoms. The lowest BCUT2D eigenvalue weighted by Gasteiger charge is -2.37. The summed E-state index contributed by atoms with van der Waals surface area (Å²) in [6.07, 6.45) is -0.0839. The van der Waals surface area contributed by atoms with Gasteiger partial charge in [-0.15, -0.1) is 11.3 Å². The molecule has 4 rings (SSSR count). The first-order chi connectivity index (χ1) is 14.4. The lowest BCUT2D eigenvalue weighted by Crippen LogP contribution is -2.47. The summed E-state index contributed by atoms with van der Waals surface area (Å²) < 4.78 is 16.5. The van der Waals surface area contributed by atoms with E-state index in [2.05, 4.69) is 0 Å². The average molecular weight is 429 g/mol. The van der Waals surface area contributed by atoms with Gasteiger partial charge in [0.2, 0.25) is 0 Å². The van der Waals surface area contributed by atoms with Crippen LogP contribution in [0.3, 0.4) is 0 Å². The molecule has 30 heavy (non-hydrogen) atoms. The fourth-order valence-corrected chi connectivity index (χ4v) is 4.73. The molecular formula is C22H24N2O5S. The number of amides is 2. The second-order valence-corrected chi connectivity index (χ2v) is 8.33. The highest BCUT2D eigenvalue weighted by Crippen LogP contribution is 2.39. The molecule has 1 fully saturated rings. The number of morpholine rings is 1. The summed E-state index contributed by atoms with van der Waals surface area (Å²) in [5, 5.41) is 1.90. The highest BCUT2D eigenvalue weighted by Gasteiger charge is 2.44. The first-order valence-corrected chi connectivity index (χ1v) is 10.6. The molecule has 2 aliphatic rings. The Morgan fingerprint density at radius 2 is 1.63 bits per heavy atom. The van der Waals surface area contributed by atoms with Crippen LogP contribution in [0.4, 0.5) is 5.69 Å². The smallest absolute Gasteiger partial charge is 0.282 e. The summed E-state index contributed by atoms with van der Waals surface area (Å²) in [6, 6.07) is 8.78. The Morgan fingerprint density at radius 3 is 2.17 bits per heavy atom. The van der Waals surface area contributed by atoms with Gasteiger partial charge in [0, 0.05) is 36.2 Å². The van der Waals surface area contributed by atoms with Gasteiger partial charge in [-0.1, -0.05) is 6.07 Å². The van der Waals surface area contributed by atoms with Gasteiger partial charge < -0.3 is 19.1 Å². The minimum atomic E-state index is -0.348. The van der Waals surface area contributed by atoms with Crippen LogP contribution in [0.25, 0.3) is 5.57 Å². The Morgan fingerprint density at radius 1 is 1.00 bits per heavy atom. The monoisotopic (exact) mass is 428 g/mol. The highest BCUT2D eigenvalue weighted by molar-refractivity contribution is 7.11. The quantitative estimate of drug-likeness (QED) is 0.682. The lowest BCUT2D eigenvalue weighted by molar-refractivity contribution is -0.121. The number of ether oxygens (including phenoxy) is 3. The molecule has 7 nitrogen and oxygen atoms in total. The van der Waals surface area contributed by atoms with Gasteiger partial charge in [-0.05, 0) is 25.3 Å². The van der Waals surface area contributed by atoms with Gasteiger partial charge in [0.25, 0.3) is 11.8 Å². The number of rotatable bonds is 5. The molecule has 1 aromatic carbocycles. The summed E-state index contributed by atoms with van der Waals surface area (Å²) in [5.74, 6) is 0.314. The molecule has 0 bridgehead atoms. The van der Waals surface area contributed by atoms with Crippen LogP contribution in [0.5, 0.6) is 11.5 Å². The van der Waals surface area contributed by atoms with Gasteiger partial charge in [-0.25, -0.2) is 4.90 Å². The van der Waals surface area contributed by atoms with Gasteiger partial charge in [-0.2, -0.15) is 0 Å². The second-order valence-electron chi connectivity index (χ2n) is 7.38. The van der Waals surface area contributed by atoms with Gasteiger partial charge in [0.1, 0.15) is 17.2 Å². The first-order valence-electron chi connectivity index (χ1n) is 9.73. The Labute approximate surface area is 179 Å². The number of thiophene rings is 1. The molecular weight excluding hydrogens is 404 g/mol. The van der Waals surface area contributed by atoms with Crippen molar-refractivity contribution in [2.24, 2.45) is 0 Å². The Bertz CT molecular complexity index is 969. The molecule has 0 radical (unpaired) electrons. The molecule has 2 aliphatic heterocycles. The summed E-state index contributed by atoms with van der Waals surface area (Å²) >= 11 is 1.44. The van der Waals surface area contributed by atoms with Crippen molar-refractivity contribution in [2.45, 2.75) is 26.1 Å². The van der Waals surface area contributed by atoms with E-state index < -0.39 is 0 Å². The third kappa shape index (κ3) is 3.57. The van der Waals surface area contributed by atoms with E-state index in [1.54, 1.807) is 18.2 Å². The molecule has 1 saturated heterocycles. The molecule has 2 aromatic rings. The topological polar surface area (TPSA) is 68.3 Å². The SMILES string of the molecule is COc1cc(OC)cc(N2C(=O)C(c3cccs3)=C(N3CC(C)OC(C)C3)C2=O)c1. The van der Waals surface area contributed by atoms with Crippen LogP contribution in [-0.2, 0) is 14.3 Å². The molecule has 1 aromatic heterocycles. The van der Waals surface area contributed by atoms with Crippen molar-refractivity contribution in [3.8, 4) is 11.5 Å². The molecule has 3 heterocycles. The minimum absolute atomic E-state index is 0.0419. The molecule has 158 valence electrons. The molecule has 2 unspecified atom stereocenters. The summed E-state index contributed by atoms with van der Waals surface area (Å²) in [6.45, 7) is 5.03. The van der Waals surface area contributed by atoms with E-state index in [1.165, 1.54) is 30.5 Å². The van der Waals surface area contributed by atoms with Crippen molar-refractivity contribution in [3.05, 3.63) is 46.3 Å². The van der Waals surface area contributed by atoms with E-state index in [0.29, 0.717) is 41.5 Å². The number of nitrogens with zero attached hydrogens (tertiary/aromatic N) is 2. The maximum atomic E-state index is 13.6. The molecule has 8 heteroatoms. The zero-order valence-electron chi connectivity index (χ0n) is 17.4. The van der Waals surface area contributed by atoms with Crippen LogP contribution in [0.15, 0.2) is 41.4 Å². The van der Waals surface area contributed by atoms with Gasteiger partial charge in [0.05, 0.1) is 37.7 Å². The van der Waals surface area contributed by atoms with E-state index in [0.717, 1.165) is 4.88 Å². The Hall–Kier alpha value is -2.84. The third-order valence-electron chi connectivity index (χ3n) is 5.16. The number of anilines is 1. The predicted octanol–water partition coefficient (Wildman–Crippen LogP) is 3.16. The maximum absolute atomic E-state index is 13.6. The van der Waals surface area contributed by atoms with Gasteiger partial charge >= 0.3 is 0 Å². The first kappa shape index (κ1) is 20.4. The van der Waals surface area contributed by atoms with Crippen LogP contribution in [0.1, 0.15) is 18.7 Å². The van der Waals surface area contributed by atoms with Crippen LogP contribution >= 0.6 is 11.3 Å². The zero-order chi connectivity index (χ0) is 21.4. The van der Waals surface area contributed by atoms with Crippen molar-refractivity contribution < 1.29 is 23.8 Å². The molecule has 0 aliphatic carbocycles. The van der Waals surface area contributed by atoms with Crippen molar-refractivity contribution in [1.29, 1.82) is 0 Å². The van der Waals surface area contributed by atoms with Crippen LogP contribution in [0, 0.1) is 0 Å². The Kier molecular flexibility index (Phi) is 5.53. The van der Waals surface area contributed by atoms with Crippen molar-refractivity contribution in [2.75, 3.05) is 32.2 Å². The van der Waals surface area contributed by atoms with Crippen molar-refractivity contribution in [3.63, 3.8) is 0 Å². The van der Waals surface area contributed by atoms with Crippen molar-refractivity contribution in [1.82, 2.24) is 4.90 Å². The lowest BCUT2D eigenvalue weighted by atomic mass is 10.1. The van der Waals surface area contributed by atoms with Crippen LogP contribution < -0.4 is 14.4 Å². The number of methoxy groups -OCH3 is 2. The van der Waals surface area contributed by atoms with Crippen LogP contribution in [0.2, 0.25) is 0 Å². The number of hydrogen-bond acceptors (Lipinski definition) is 7. The minimum Gasteiger partial charge on any atom is -0.497 e. The molecule has 2 amide bonds. The largest absolute Gasteiger partial charge is 0.497 e. The van der Waals surface area contributed by atoms with Crippen LogP contribution in [-0.4, -0.2) is 56.2 Å². The maximum Gasteiger partial charge on any atom is 0.282 e. The highest BCUT2D eigenvalue weighted by atomic mass is 32.1. The number of imide groups is 1. The fourth-order valence-electron chi connectivity index (χ4n) is 3.97. The summed E-state index contributed by atoms with van der Waals surface area (Å²) in [5.41, 5.74) is 1.27. The van der Waals surface area contributed by atoms with E-state index >= 15 is 0 Å². The third-order valence-corrected chi connectivity index (χ3v) is 6.04. The standard InChI is InChI=1S/C22H24N2O5S/c1-13-11-23(12-14(2)29-13)20-19(18-6-5-7-30-18)21(25)24(22(20)26)15-8-16(27-3)10-17(9-15)28-4/h5-10,13-14H,11-12H2,1-4H3. The molecule has 0 N–H and O–H groups in total. The number of carbonyl (C=O) groups is 2. The zero-order valence-corrected chi connectivity index (χ0v) is 18.2. The van der Waals surface area contributed by atoms with Gasteiger partial charge in [0.15, 0.2) is 0 Å². The Balaban J connectivity index is 1.81. The second kappa shape index (κ2) is 8.12. The van der Waals surface area contributed by atoms with Gasteiger partial charge in [-0.3, -0.25) is 9.59 Å². The number of hydrogen-bond donors (Lipinski definition) is 0. The number of carbonyl (C=O) groups excluding carboxylic acids is 2. The predicted molar refractivity (Wildman–Crippen MR) is 115 cm³/mol. The summed E-state index contributed by atoms with van der Waals surface area (Å²) in [4.78, 5) is 31.1. The average Bonchev–Trinajstić information content (AvgIpc) is 3.32. The normalized spacial score (nSPS) is 22.1. The summed E-state index contributed by atoms with van der Waals surface area (Å²) in [7, 11) is 3.06. The van der Waals surface area contributed by atoms with E-state index in [1.807, 2.05) is 36.3 Å². The fraction of sp³-hybridized carbons (Fsp3) is 0.364. The number of benzene rings is 1. The van der Waals surface area contributed by atoms with E-state index in [9.17, 15) is 9.59 Å². The molecule has 0 saturated carbocycles.